The molecule has 108 valence electrons. The summed E-state index contributed by atoms with van der Waals surface area (Å²) in [7, 11) is 0. The van der Waals surface area contributed by atoms with Crippen molar-refractivity contribution in [1.82, 2.24) is 15.0 Å². The molecule has 1 aromatic heterocycles. The standard InChI is InChI=1S/C11H19ClN4O2S/c1-6(2)18-11-15-9(12)14-10(16-11)13-7(3)8(5-17)19-4/h6-8,17H,5H2,1-4H3,(H,13,14,15,16). The summed E-state index contributed by atoms with van der Waals surface area (Å²) in [5, 5.41) is 12.4. The average Bonchev–Trinajstić information content (AvgIpc) is 2.28. The Balaban J connectivity index is 2.80. The second-order valence-corrected chi connectivity index (χ2v) is 5.68. The van der Waals surface area contributed by atoms with Gasteiger partial charge in [0.05, 0.1) is 12.7 Å². The van der Waals surface area contributed by atoms with Crippen molar-refractivity contribution in [1.29, 1.82) is 0 Å². The third-order valence-corrected chi connectivity index (χ3v) is 3.66. The lowest BCUT2D eigenvalue weighted by molar-refractivity contribution is 0.222. The van der Waals surface area contributed by atoms with E-state index in [-0.39, 0.29) is 35.3 Å². The molecule has 19 heavy (non-hydrogen) atoms. The van der Waals surface area contributed by atoms with E-state index in [1.54, 1.807) is 11.8 Å². The van der Waals surface area contributed by atoms with E-state index < -0.39 is 0 Å². The molecule has 1 aromatic rings. The molecule has 0 saturated carbocycles. The predicted molar refractivity (Wildman–Crippen MR) is 78.1 cm³/mol. The molecule has 0 aromatic carbocycles. The number of nitrogens with zero attached hydrogens (tertiary/aromatic N) is 3. The first-order valence-corrected chi connectivity index (χ1v) is 7.61. The minimum atomic E-state index is -0.0415. The zero-order valence-corrected chi connectivity index (χ0v) is 13.0. The van der Waals surface area contributed by atoms with Gasteiger partial charge in [-0.25, -0.2) is 0 Å². The minimum absolute atomic E-state index is 0.00892. The second kappa shape index (κ2) is 7.72. The maximum Gasteiger partial charge on any atom is 0.322 e. The Bertz CT molecular complexity index is 404. The fraction of sp³-hybridized carbons (Fsp3) is 0.727. The van der Waals surface area contributed by atoms with Crippen LogP contribution in [0.3, 0.4) is 0 Å². The van der Waals surface area contributed by atoms with Gasteiger partial charge in [0.1, 0.15) is 0 Å². The van der Waals surface area contributed by atoms with Gasteiger partial charge in [-0.15, -0.1) is 0 Å². The van der Waals surface area contributed by atoms with Crippen LogP contribution in [-0.2, 0) is 0 Å². The number of aliphatic hydroxyl groups excluding tert-OH is 1. The van der Waals surface area contributed by atoms with E-state index in [9.17, 15) is 5.11 Å². The number of hydrogen-bond acceptors (Lipinski definition) is 7. The molecule has 1 rings (SSSR count). The van der Waals surface area contributed by atoms with Gasteiger partial charge in [0.25, 0.3) is 0 Å². The Hall–Kier alpha value is -0.790. The van der Waals surface area contributed by atoms with Gasteiger partial charge in [-0.05, 0) is 38.6 Å². The fourth-order valence-electron chi connectivity index (χ4n) is 1.39. The van der Waals surface area contributed by atoms with Crippen LogP contribution in [0, 0.1) is 0 Å². The first-order valence-electron chi connectivity index (χ1n) is 5.94. The highest BCUT2D eigenvalue weighted by molar-refractivity contribution is 7.99. The third kappa shape index (κ3) is 5.38. The number of ether oxygens (including phenoxy) is 1. The van der Waals surface area contributed by atoms with Crippen LogP contribution in [0.15, 0.2) is 0 Å². The molecule has 6 nitrogen and oxygen atoms in total. The summed E-state index contributed by atoms with van der Waals surface area (Å²) in [6.07, 6.45) is 1.90. The molecule has 0 spiro atoms. The van der Waals surface area contributed by atoms with Gasteiger partial charge in [-0.2, -0.15) is 26.7 Å². The van der Waals surface area contributed by atoms with Crippen LogP contribution in [0.2, 0.25) is 5.28 Å². The lowest BCUT2D eigenvalue weighted by Gasteiger charge is -2.21. The highest BCUT2D eigenvalue weighted by Gasteiger charge is 2.17. The summed E-state index contributed by atoms with van der Waals surface area (Å²) in [6.45, 7) is 5.77. The normalized spacial score (nSPS) is 14.3. The number of halogens is 1. The van der Waals surface area contributed by atoms with Gasteiger partial charge in [0.2, 0.25) is 11.2 Å². The smallest absolute Gasteiger partial charge is 0.322 e. The molecule has 2 N–H and O–H groups in total. The first-order chi connectivity index (χ1) is 8.96. The first kappa shape index (κ1) is 16.3. The van der Waals surface area contributed by atoms with Crippen molar-refractivity contribution in [2.24, 2.45) is 0 Å². The van der Waals surface area contributed by atoms with E-state index in [0.29, 0.717) is 5.95 Å². The van der Waals surface area contributed by atoms with Crippen molar-refractivity contribution in [3.8, 4) is 6.01 Å². The van der Waals surface area contributed by atoms with Crippen molar-refractivity contribution in [3.63, 3.8) is 0 Å². The van der Waals surface area contributed by atoms with Gasteiger partial charge in [0, 0.05) is 11.3 Å². The Morgan fingerprint density at radius 1 is 1.32 bits per heavy atom. The molecule has 0 bridgehead atoms. The Morgan fingerprint density at radius 2 is 2.00 bits per heavy atom. The summed E-state index contributed by atoms with van der Waals surface area (Å²) in [5.41, 5.74) is 0. The van der Waals surface area contributed by atoms with Gasteiger partial charge in [-0.1, -0.05) is 0 Å². The van der Waals surface area contributed by atoms with Crippen LogP contribution in [-0.4, -0.2) is 50.3 Å². The number of nitrogens with one attached hydrogen (secondary N) is 1. The number of anilines is 1. The predicted octanol–water partition coefficient (Wildman–Crippen LogP) is 1.84. The van der Waals surface area contributed by atoms with E-state index >= 15 is 0 Å². The van der Waals surface area contributed by atoms with E-state index in [4.69, 9.17) is 16.3 Å². The van der Waals surface area contributed by atoms with Gasteiger partial charge in [-0.3, -0.25) is 0 Å². The SMILES string of the molecule is CSC(CO)C(C)Nc1nc(Cl)nc(OC(C)C)n1. The molecule has 0 aliphatic rings. The van der Waals surface area contributed by atoms with E-state index in [1.165, 1.54) is 0 Å². The summed E-state index contributed by atoms with van der Waals surface area (Å²) in [4.78, 5) is 12.0. The van der Waals surface area contributed by atoms with Crippen LogP contribution < -0.4 is 10.1 Å². The highest BCUT2D eigenvalue weighted by atomic mass is 35.5. The van der Waals surface area contributed by atoms with Crippen LogP contribution in [0.1, 0.15) is 20.8 Å². The molecule has 0 fully saturated rings. The average molecular weight is 307 g/mol. The molecule has 0 aliphatic heterocycles. The van der Waals surface area contributed by atoms with E-state index in [0.717, 1.165) is 0 Å². The number of aliphatic hydroxyl groups is 1. The summed E-state index contributed by atoms with van der Waals surface area (Å²) in [6, 6.07) is 0.180. The van der Waals surface area contributed by atoms with Gasteiger partial charge < -0.3 is 15.2 Å². The van der Waals surface area contributed by atoms with Gasteiger partial charge in [0.15, 0.2) is 0 Å². The number of aromatic nitrogens is 3. The third-order valence-electron chi connectivity index (χ3n) is 2.33. The Labute approximate surface area is 122 Å². The van der Waals surface area contributed by atoms with Crippen molar-refractivity contribution in [3.05, 3.63) is 5.28 Å². The van der Waals surface area contributed by atoms with Crippen molar-refractivity contribution in [2.75, 3.05) is 18.2 Å². The summed E-state index contributed by atoms with van der Waals surface area (Å²) < 4.78 is 5.39. The highest BCUT2D eigenvalue weighted by Crippen LogP contribution is 2.17. The zero-order valence-electron chi connectivity index (χ0n) is 11.4. The number of hydrogen-bond donors (Lipinski definition) is 2. The lowest BCUT2D eigenvalue weighted by atomic mass is 10.2. The second-order valence-electron chi connectivity index (χ2n) is 4.27. The maximum atomic E-state index is 9.24. The molecule has 2 unspecified atom stereocenters. The number of thioether (sulfide) groups is 1. The molecule has 1 heterocycles. The molecule has 0 radical (unpaired) electrons. The largest absolute Gasteiger partial charge is 0.461 e. The lowest BCUT2D eigenvalue weighted by Crippen LogP contribution is -2.31. The van der Waals surface area contributed by atoms with Crippen LogP contribution in [0.4, 0.5) is 5.95 Å². The van der Waals surface area contributed by atoms with Gasteiger partial charge >= 0.3 is 6.01 Å². The molecule has 0 saturated heterocycles. The monoisotopic (exact) mass is 306 g/mol. The molecular formula is C11H19ClN4O2S. The van der Waals surface area contributed by atoms with Crippen molar-refractivity contribution < 1.29 is 9.84 Å². The Morgan fingerprint density at radius 3 is 2.53 bits per heavy atom. The molecule has 2 atom stereocenters. The quantitative estimate of drug-likeness (QED) is 0.795. The molecule has 8 heteroatoms. The van der Waals surface area contributed by atoms with Crippen LogP contribution in [0.5, 0.6) is 6.01 Å². The topological polar surface area (TPSA) is 80.2 Å². The van der Waals surface area contributed by atoms with E-state index in [2.05, 4.69) is 20.3 Å². The molecular weight excluding hydrogens is 288 g/mol. The summed E-state index contributed by atoms with van der Waals surface area (Å²) in [5.74, 6) is 0.343. The molecule has 0 amide bonds. The molecule has 0 aliphatic carbocycles. The zero-order chi connectivity index (χ0) is 14.4. The summed E-state index contributed by atoms with van der Waals surface area (Å²) >= 11 is 7.40. The van der Waals surface area contributed by atoms with Crippen molar-refractivity contribution in [2.45, 2.75) is 38.2 Å². The van der Waals surface area contributed by atoms with Crippen LogP contribution in [0.25, 0.3) is 0 Å². The number of rotatable bonds is 7. The van der Waals surface area contributed by atoms with Crippen LogP contribution >= 0.6 is 23.4 Å². The van der Waals surface area contributed by atoms with E-state index in [1.807, 2.05) is 27.0 Å². The Kier molecular flexibility index (Phi) is 6.60. The maximum absolute atomic E-state index is 9.24. The fourth-order valence-corrected chi connectivity index (χ4v) is 2.17. The minimum Gasteiger partial charge on any atom is -0.461 e. The van der Waals surface area contributed by atoms with Crippen molar-refractivity contribution >= 4 is 29.3 Å².